The van der Waals surface area contributed by atoms with Gasteiger partial charge in [0.2, 0.25) is 0 Å². The number of nitriles is 1. The molecule has 0 spiro atoms. The molecule has 3 nitrogen and oxygen atoms in total. The molecule has 0 aliphatic carbocycles. The maximum atomic E-state index is 9.08. The zero-order chi connectivity index (χ0) is 9.31. The molecule has 0 saturated carbocycles. The highest BCUT2D eigenvalue weighted by Gasteiger charge is 2.45. The Balaban J connectivity index is 1.97. The summed E-state index contributed by atoms with van der Waals surface area (Å²) >= 11 is 2.50. The number of piperidine rings is 1. The minimum atomic E-state index is -0.267. The van der Waals surface area contributed by atoms with Gasteiger partial charge in [0.25, 0.3) is 0 Å². The molecular formula is C9H13IN2O. The fourth-order valence-corrected chi connectivity index (χ4v) is 2.45. The van der Waals surface area contributed by atoms with Gasteiger partial charge in [0, 0.05) is 17.0 Å². The average Bonchev–Trinajstić information content (AvgIpc) is 2.07. The Morgan fingerprint density at radius 3 is 2.38 bits per heavy atom. The van der Waals surface area contributed by atoms with Gasteiger partial charge in [-0.3, -0.25) is 4.90 Å². The Morgan fingerprint density at radius 1 is 1.38 bits per heavy atom. The molecule has 0 unspecified atom stereocenters. The molecule has 0 atom stereocenters. The number of ether oxygens (including phenoxy) is 1. The van der Waals surface area contributed by atoms with Crippen LogP contribution in [-0.4, -0.2) is 40.7 Å². The Bertz CT molecular complexity index is 226. The number of halogens is 1. The Hall–Kier alpha value is 0.140. The molecule has 0 aromatic rings. The third kappa shape index (κ3) is 1.69. The van der Waals surface area contributed by atoms with E-state index in [-0.39, 0.29) is 5.54 Å². The summed E-state index contributed by atoms with van der Waals surface area (Å²) < 4.78 is 5.94. The zero-order valence-electron chi connectivity index (χ0n) is 7.50. The smallest absolute Gasteiger partial charge is 0.156 e. The van der Waals surface area contributed by atoms with Gasteiger partial charge in [-0.15, -0.1) is 0 Å². The third-order valence-electron chi connectivity index (χ3n) is 2.92. The van der Waals surface area contributed by atoms with Crippen molar-refractivity contribution in [1.29, 1.82) is 5.26 Å². The lowest BCUT2D eigenvalue weighted by Gasteiger charge is -2.46. The fourth-order valence-electron chi connectivity index (χ4n) is 1.89. The quantitative estimate of drug-likeness (QED) is 0.538. The van der Waals surface area contributed by atoms with E-state index in [0.29, 0.717) is 13.2 Å². The summed E-state index contributed by atoms with van der Waals surface area (Å²) in [5.74, 6) is 0. The zero-order valence-corrected chi connectivity index (χ0v) is 9.66. The fraction of sp³-hybridized carbons (Fsp3) is 0.889. The van der Waals surface area contributed by atoms with Gasteiger partial charge in [-0.1, -0.05) is 22.6 Å². The van der Waals surface area contributed by atoms with E-state index in [1.807, 2.05) is 0 Å². The van der Waals surface area contributed by atoms with Crippen molar-refractivity contribution in [2.75, 3.05) is 26.3 Å². The van der Waals surface area contributed by atoms with Gasteiger partial charge >= 0.3 is 0 Å². The van der Waals surface area contributed by atoms with Crippen LogP contribution in [0.25, 0.3) is 0 Å². The van der Waals surface area contributed by atoms with Crippen LogP contribution in [0.15, 0.2) is 0 Å². The molecule has 72 valence electrons. The summed E-state index contributed by atoms with van der Waals surface area (Å²) in [6, 6.07) is 2.40. The lowest BCUT2D eigenvalue weighted by atomic mass is 9.94. The maximum absolute atomic E-state index is 9.08. The van der Waals surface area contributed by atoms with Gasteiger partial charge < -0.3 is 4.74 Å². The monoisotopic (exact) mass is 292 g/mol. The second-order valence-corrected chi connectivity index (χ2v) is 5.56. The molecule has 13 heavy (non-hydrogen) atoms. The molecule has 2 fully saturated rings. The first-order valence-electron chi connectivity index (χ1n) is 4.65. The first kappa shape index (κ1) is 9.69. The van der Waals surface area contributed by atoms with Crippen molar-refractivity contribution >= 4 is 22.6 Å². The second-order valence-electron chi connectivity index (χ2n) is 3.80. The van der Waals surface area contributed by atoms with E-state index in [1.54, 1.807) is 0 Å². The minimum absolute atomic E-state index is 0.267. The predicted octanol–water partition coefficient (Wildman–Crippen LogP) is 1.18. The molecule has 0 amide bonds. The van der Waals surface area contributed by atoms with E-state index in [9.17, 15) is 0 Å². The molecule has 0 radical (unpaired) electrons. The molecule has 2 aliphatic heterocycles. The largest absolute Gasteiger partial charge is 0.375 e. The maximum Gasteiger partial charge on any atom is 0.156 e. The standard InChI is InChI=1S/C9H13IN2O/c10-8-1-3-12(4-2-8)9(5-11)6-13-7-9/h8H,1-4,6-7H2. The Morgan fingerprint density at radius 2 is 2.00 bits per heavy atom. The number of likely N-dealkylation sites (tertiary alicyclic amines) is 1. The van der Waals surface area contributed by atoms with Crippen LogP contribution in [0.5, 0.6) is 0 Å². The first-order valence-corrected chi connectivity index (χ1v) is 5.89. The highest BCUT2D eigenvalue weighted by Crippen LogP contribution is 2.29. The molecule has 0 aromatic heterocycles. The predicted molar refractivity (Wildman–Crippen MR) is 57.8 cm³/mol. The topological polar surface area (TPSA) is 36.3 Å². The van der Waals surface area contributed by atoms with E-state index >= 15 is 0 Å². The van der Waals surface area contributed by atoms with Gasteiger partial charge in [0.15, 0.2) is 5.54 Å². The second kappa shape index (κ2) is 3.71. The van der Waals surface area contributed by atoms with Crippen molar-refractivity contribution < 1.29 is 4.74 Å². The number of rotatable bonds is 1. The number of nitrogens with zero attached hydrogens (tertiary/aromatic N) is 2. The molecule has 2 heterocycles. The molecule has 0 bridgehead atoms. The summed E-state index contributed by atoms with van der Waals surface area (Å²) in [5.41, 5.74) is -0.267. The Kier molecular flexibility index (Phi) is 2.77. The summed E-state index contributed by atoms with van der Waals surface area (Å²) in [6.45, 7) is 3.33. The summed E-state index contributed by atoms with van der Waals surface area (Å²) in [5, 5.41) is 9.08. The minimum Gasteiger partial charge on any atom is -0.375 e. The molecule has 2 saturated heterocycles. The number of alkyl halides is 1. The van der Waals surface area contributed by atoms with Crippen molar-refractivity contribution in [2.24, 2.45) is 0 Å². The van der Waals surface area contributed by atoms with Crippen molar-refractivity contribution in [2.45, 2.75) is 22.3 Å². The van der Waals surface area contributed by atoms with E-state index in [2.05, 4.69) is 33.6 Å². The summed E-state index contributed by atoms with van der Waals surface area (Å²) in [7, 11) is 0. The number of hydrogen-bond acceptors (Lipinski definition) is 3. The van der Waals surface area contributed by atoms with Gasteiger partial charge in [0.1, 0.15) is 0 Å². The Labute approximate surface area is 92.2 Å². The van der Waals surface area contributed by atoms with E-state index in [4.69, 9.17) is 10.00 Å². The molecule has 4 heteroatoms. The van der Waals surface area contributed by atoms with Gasteiger partial charge in [-0.05, 0) is 12.8 Å². The molecular weight excluding hydrogens is 279 g/mol. The summed E-state index contributed by atoms with van der Waals surface area (Å²) in [6.07, 6.45) is 2.42. The van der Waals surface area contributed by atoms with Crippen molar-refractivity contribution in [3.63, 3.8) is 0 Å². The van der Waals surface area contributed by atoms with Crippen LogP contribution < -0.4 is 0 Å². The average molecular weight is 292 g/mol. The van der Waals surface area contributed by atoms with Crippen molar-refractivity contribution in [3.8, 4) is 6.07 Å². The highest BCUT2D eigenvalue weighted by atomic mass is 127. The molecule has 0 N–H and O–H groups in total. The lowest BCUT2D eigenvalue weighted by Crippen LogP contribution is -2.63. The van der Waals surface area contributed by atoms with Crippen LogP contribution in [0.1, 0.15) is 12.8 Å². The van der Waals surface area contributed by atoms with Gasteiger partial charge in [-0.2, -0.15) is 5.26 Å². The van der Waals surface area contributed by atoms with E-state index < -0.39 is 0 Å². The van der Waals surface area contributed by atoms with Crippen LogP contribution >= 0.6 is 22.6 Å². The third-order valence-corrected chi connectivity index (χ3v) is 4.17. The van der Waals surface area contributed by atoms with E-state index in [0.717, 1.165) is 17.0 Å². The van der Waals surface area contributed by atoms with Crippen molar-refractivity contribution in [3.05, 3.63) is 0 Å². The van der Waals surface area contributed by atoms with Crippen LogP contribution in [-0.2, 0) is 4.74 Å². The first-order chi connectivity index (χ1) is 6.27. The van der Waals surface area contributed by atoms with Crippen LogP contribution in [0.2, 0.25) is 0 Å². The van der Waals surface area contributed by atoms with Crippen molar-refractivity contribution in [1.82, 2.24) is 4.90 Å². The normalized spacial score (nSPS) is 29.2. The lowest BCUT2D eigenvalue weighted by molar-refractivity contribution is -0.112. The highest BCUT2D eigenvalue weighted by molar-refractivity contribution is 14.1. The number of hydrogen-bond donors (Lipinski definition) is 0. The van der Waals surface area contributed by atoms with Crippen LogP contribution in [0, 0.1) is 11.3 Å². The van der Waals surface area contributed by atoms with Crippen LogP contribution in [0.4, 0.5) is 0 Å². The SMILES string of the molecule is N#CC1(N2CCC(I)CC2)COC1. The molecule has 2 aliphatic rings. The van der Waals surface area contributed by atoms with Gasteiger partial charge in [-0.25, -0.2) is 0 Å². The van der Waals surface area contributed by atoms with Gasteiger partial charge in [0.05, 0.1) is 19.3 Å². The van der Waals surface area contributed by atoms with Crippen LogP contribution in [0.3, 0.4) is 0 Å². The summed E-state index contributed by atoms with van der Waals surface area (Å²) in [4.78, 5) is 2.30. The molecule has 2 rings (SSSR count). The van der Waals surface area contributed by atoms with E-state index in [1.165, 1.54) is 12.8 Å². The molecule has 0 aromatic carbocycles.